The molecule has 2 aliphatic heterocycles. The zero-order chi connectivity index (χ0) is 19.4. The Labute approximate surface area is 158 Å². The summed E-state index contributed by atoms with van der Waals surface area (Å²) in [6.45, 7) is 8.33. The van der Waals surface area contributed by atoms with Crippen molar-refractivity contribution in [3.63, 3.8) is 0 Å². The lowest BCUT2D eigenvalue weighted by Crippen LogP contribution is -2.41. The predicted molar refractivity (Wildman–Crippen MR) is 99.2 cm³/mol. The van der Waals surface area contributed by atoms with Crippen molar-refractivity contribution < 1.29 is 22.8 Å². The molecule has 2 fully saturated rings. The number of ether oxygens (including phenoxy) is 1. The molecule has 0 aliphatic carbocycles. The van der Waals surface area contributed by atoms with Crippen LogP contribution >= 0.6 is 0 Å². The first-order valence-electron chi connectivity index (χ1n) is 9.47. The molecular formula is C19H25BF2N2O3. The van der Waals surface area contributed by atoms with Crippen LogP contribution in [0.25, 0.3) is 10.9 Å². The maximum absolute atomic E-state index is 13.8. The molecule has 1 aromatic heterocycles. The maximum Gasteiger partial charge on any atom is 0.496 e. The number of aromatic nitrogens is 2. The van der Waals surface area contributed by atoms with Gasteiger partial charge in [0, 0.05) is 23.0 Å². The van der Waals surface area contributed by atoms with Crippen LogP contribution in [0.1, 0.15) is 65.2 Å². The van der Waals surface area contributed by atoms with Gasteiger partial charge in [0.2, 0.25) is 0 Å². The maximum atomic E-state index is 13.8. The molecule has 27 heavy (non-hydrogen) atoms. The largest absolute Gasteiger partial charge is 0.496 e. The topological polar surface area (TPSA) is 45.5 Å². The van der Waals surface area contributed by atoms with Gasteiger partial charge in [0.05, 0.1) is 22.9 Å². The van der Waals surface area contributed by atoms with E-state index < -0.39 is 24.7 Å². The number of benzene rings is 1. The molecule has 0 bridgehead atoms. The SMILES string of the molecule is CC1(C)OB(c2c(C(F)F)ccc3c2cnn3C2CCCCO2)OC1(C)C. The molecule has 0 radical (unpaired) electrons. The van der Waals surface area contributed by atoms with Crippen molar-refractivity contribution in [3.8, 4) is 0 Å². The van der Waals surface area contributed by atoms with E-state index >= 15 is 0 Å². The predicted octanol–water partition coefficient (Wildman–Crippen LogP) is 3.97. The molecule has 3 heterocycles. The average molecular weight is 378 g/mol. The quantitative estimate of drug-likeness (QED) is 0.759. The summed E-state index contributed by atoms with van der Waals surface area (Å²) in [5, 5.41) is 5.09. The molecule has 2 saturated heterocycles. The molecule has 0 spiro atoms. The molecule has 2 aliphatic rings. The van der Waals surface area contributed by atoms with Gasteiger partial charge in [0.25, 0.3) is 6.43 Å². The van der Waals surface area contributed by atoms with Crippen LogP contribution in [0.5, 0.6) is 0 Å². The first kappa shape index (κ1) is 18.8. The van der Waals surface area contributed by atoms with Crippen molar-refractivity contribution in [2.24, 2.45) is 0 Å². The van der Waals surface area contributed by atoms with Crippen LogP contribution in [0.3, 0.4) is 0 Å². The van der Waals surface area contributed by atoms with Gasteiger partial charge >= 0.3 is 7.12 Å². The zero-order valence-corrected chi connectivity index (χ0v) is 16.2. The summed E-state index contributed by atoms with van der Waals surface area (Å²) >= 11 is 0. The van der Waals surface area contributed by atoms with Gasteiger partial charge in [0.15, 0.2) is 6.23 Å². The first-order chi connectivity index (χ1) is 12.7. The Kier molecular flexibility index (Phi) is 4.56. The highest BCUT2D eigenvalue weighted by Gasteiger charge is 2.53. The molecule has 0 saturated carbocycles. The number of nitrogens with zero attached hydrogens (tertiary/aromatic N) is 2. The van der Waals surface area contributed by atoms with Crippen LogP contribution in [-0.4, -0.2) is 34.7 Å². The van der Waals surface area contributed by atoms with Crippen molar-refractivity contribution in [2.45, 2.75) is 70.8 Å². The highest BCUT2D eigenvalue weighted by Crippen LogP contribution is 2.38. The standard InChI is InChI=1S/C19H25BF2N2O3/c1-18(2)19(3,4)27-20(26-18)16-12(17(21)22)8-9-14-13(16)11-23-24(14)15-7-5-6-10-25-15/h8-9,11,15,17H,5-7,10H2,1-4H3. The third-order valence-corrected chi connectivity index (χ3v) is 6.01. The Hall–Kier alpha value is -1.51. The first-order valence-corrected chi connectivity index (χ1v) is 9.47. The van der Waals surface area contributed by atoms with E-state index in [9.17, 15) is 8.78 Å². The monoisotopic (exact) mass is 378 g/mol. The highest BCUT2D eigenvalue weighted by molar-refractivity contribution is 6.65. The van der Waals surface area contributed by atoms with Gasteiger partial charge in [-0.15, -0.1) is 0 Å². The van der Waals surface area contributed by atoms with Crippen LogP contribution in [0.15, 0.2) is 18.3 Å². The van der Waals surface area contributed by atoms with E-state index in [1.54, 1.807) is 16.9 Å². The Morgan fingerprint density at radius 1 is 1.15 bits per heavy atom. The normalized spacial score (nSPS) is 24.9. The Balaban J connectivity index is 1.83. The minimum absolute atomic E-state index is 0.0786. The minimum Gasteiger partial charge on any atom is -0.399 e. The molecule has 2 aromatic rings. The third kappa shape index (κ3) is 3.07. The summed E-state index contributed by atoms with van der Waals surface area (Å²) in [6.07, 6.45) is 1.78. The third-order valence-electron chi connectivity index (χ3n) is 6.01. The Morgan fingerprint density at radius 3 is 2.44 bits per heavy atom. The lowest BCUT2D eigenvalue weighted by molar-refractivity contribution is -0.0366. The average Bonchev–Trinajstić information content (AvgIpc) is 3.12. The smallest absolute Gasteiger partial charge is 0.399 e. The van der Waals surface area contributed by atoms with E-state index in [1.807, 2.05) is 27.7 Å². The molecular weight excluding hydrogens is 353 g/mol. The number of halogens is 2. The fourth-order valence-corrected chi connectivity index (χ4v) is 3.72. The van der Waals surface area contributed by atoms with Crippen LogP contribution in [0.4, 0.5) is 8.78 Å². The lowest BCUT2D eigenvalue weighted by Gasteiger charge is -2.32. The van der Waals surface area contributed by atoms with Gasteiger partial charge in [-0.2, -0.15) is 5.10 Å². The summed E-state index contributed by atoms with van der Waals surface area (Å²) in [4.78, 5) is 0. The van der Waals surface area contributed by atoms with Crippen molar-refractivity contribution in [2.75, 3.05) is 6.61 Å². The molecule has 0 N–H and O–H groups in total. The molecule has 1 unspecified atom stereocenters. The second-order valence-corrected chi connectivity index (χ2v) is 8.30. The summed E-state index contributed by atoms with van der Waals surface area (Å²) < 4.78 is 47.4. The van der Waals surface area contributed by atoms with E-state index in [0.717, 1.165) is 24.8 Å². The summed E-state index contributed by atoms with van der Waals surface area (Å²) in [6, 6.07) is 3.14. The number of alkyl halides is 2. The van der Waals surface area contributed by atoms with Crippen LogP contribution in [0.2, 0.25) is 0 Å². The zero-order valence-electron chi connectivity index (χ0n) is 16.2. The Bertz CT molecular complexity index is 831. The van der Waals surface area contributed by atoms with Crippen LogP contribution in [-0.2, 0) is 14.0 Å². The van der Waals surface area contributed by atoms with E-state index in [4.69, 9.17) is 14.0 Å². The second kappa shape index (κ2) is 6.53. The number of rotatable bonds is 3. The number of hydrogen-bond acceptors (Lipinski definition) is 4. The van der Waals surface area contributed by atoms with Crippen molar-refractivity contribution in [1.82, 2.24) is 9.78 Å². The van der Waals surface area contributed by atoms with Crippen molar-refractivity contribution >= 4 is 23.5 Å². The fraction of sp³-hybridized carbons (Fsp3) is 0.632. The van der Waals surface area contributed by atoms with Crippen LogP contribution in [0, 0.1) is 0 Å². The van der Waals surface area contributed by atoms with Gasteiger partial charge in [-0.25, -0.2) is 13.5 Å². The van der Waals surface area contributed by atoms with Gasteiger partial charge in [-0.05, 0) is 53.0 Å². The van der Waals surface area contributed by atoms with Gasteiger partial charge in [-0.1, -0.05) is 6.07 Å². The van der Waals surface area contributed by atoms with Gasteiger partial charge in [0.1, 0.15) is 0 Å². The molecule has 4 rings (SSSR count). The molecule has 1 atom stereocenters. The van der Waals surface area contributed by atoms with Gasteiger partial charge < -0.3 is 14.0 Å². The summed E-state index contributed by atoms with van der Waals surface area (Å²) in [5.41, 5.74) is -0.173. The van der Waals surface area contributed by atoms with Gasteiger partial charge in [-0.3, -0.25) is 0 Å². The van der Waals surface area contributed by atoms with E-state index in [2.05, 4.69) is 5.10 Å². The number of hydrogen-bond donors (Lipinski definition) is 0. The minimum atomic E-state index is -2.63. The van der Waals surface area contributed by atoms with E-state index in [0.29, 0.717) is 17.5 Å². The molecule has 146 valence electrons. The highest BCUT2D eigenvalue weighted by atomic mass is 19.3. The molecule has 5 nitrogen and oxygen atoms in total. The fourth-order valence-electron chi connectivity index (χ4n) is 3.72. The number of fused-ring (bicyclic) bond motifs is 1. The summed E-state index contributed by atoms with van der Waals surface area (Å²) in [7, 11) is -0.868. The Morgan fingerprint density at radius 2 is 1.85 bits per heavy atom. The van der Waals surface area contributed by atoms with Crippen molar-refractivity contribution in [3.05, 3.63) is 23.9 Å². The van der Waals surface area contributed by atoms with E-state index in [1.165, 1.54) is 6.07 Å². The van der Waals surface area contributed by atoms with Crippen molar-refractivity contribution in [1.29, 1.82) is 0 Å². The summed E-state index contributed by atoms with van der Waals surface area (Å²) in [5.74, 6) is 0. The molecule has 1 aromatic carbocycles. The lowest BCUT2D eigenvalue weighted by atomic mass is 9.74. The second-order valence-electron chi connectivity index (χ2n) is 8.30. The van der Waals surface area contributed by atoms with E-state index in [-0.39, 0.29) is 11.8 Å². The molecule has 0 amide bonds. The van der Waals surface area contributed by atoms with Crippen LogP contribution < -0.4 is 5.46 Å². The molecule has 8 heteroatoms.